The fraction of sp³-hybridized carbons (Fsp3) is 0.368. The van der Waals surface area contributed by atoms with Gasteiger partial charge in [0.2, 0.25) is 0 Å². The predicted octanol–water partition coefficient (Wildman–Crippen LogP) is 3.01. The number of nitrogens with one attached hydrogen (secondary N) is 1. The lowest BCUT2D eigenvalue weighted by Crippen LogP contribution is -2.33. The van der Waals surface area contributed by atoms with Gasteiger partial charge in [0, 0.05) is 25.8 Å². The number of hydrogen-bond donors (Lipinski definition) is 1. The van der Waals surface area contributed by atoms with E-state index in [1.807, 2.05) is 36.4 Å². The third kappa shape index (κ3) is 3.85. The average Bonchev–Trinajstić information content (AvgIpc) is 2.67. The number of hydrogen-bond acceptors (Lipinski definition) is 4. The van der Waals surface area contributed by atoms with Gasteiger partial charge in [-0.05, 0) is 49.1 Å². The number of rotatable bonds is 5. The van der Waals surface area contributed by atoms with Gasteiger partial charge >= 0.3 is 0 Å². The Bertz CT molecular complexity index is 679. The fourth-order valence-corrected chi connectivity index (χ4v) is 2.95. The Hall–Kier alpha value is -2.56. The van der Waals surface area contributed by atoms with Crippen molar-refractivity contribution in [1.29, 1.82) is 0 Å². The van der Waals surface area contributed by atoms with E-state index in [0.29, 0.717) is 12.1 Å². The quantitative estimate of drug-likeness (QED) is 0.918. The number of methoxy groups -OCH3 is 1. The van der Waals surface area contributed by atoms with Crippen molar-refractivity contribution in [3.05, 3.63) is 53.7 Å². The minimum Gasteiger partial charge on any atom is -0.497 e. The molecule has 5 nitrogen and oxygen atoms in total. The van der Waals surface area contributed by atoms with E-state index in [1.165, 1.54) is 6.42 Å². The van der Waals surface area contributed by atoms with Crippen LogP contribution in [0.4, 0.5) is 5.82 Å². The number of amides is 1. The Morgan fingerprint density at radius 2 is 1.92 bits per heavy atom. The van der Waals surface area contributed by atoms with Crippen LogP contribution in [0.2, 0.25) is 0 Å². The largest absolute Gasteiger partial charge is 0.497 e. The first-order valence-electron chi connectivity index (χ1n) is 8.39. The minimum absolute atomic E-state index is 0.0838. The second kappa shape index (κ2) is 7.81. The lowest BCUT2D eigenvalue weighted by molar-refractivity contribution is 0.0951. The molecule has 1 fully saturated rings. The lowest BCUT2D eigenvalue weighted by atomic mass is 10.1. The van der Waals surface area contributed by atoms with Crippen molar-refractivity contribution in [1.82, 2.24) is 10.3 Å². The topological polar surface area (TPSA) is 54.5 Å². The minimum atomic E-state index is -0.0838. The van der Waals surface area contributed by atoms with Crippen molar-refractivity contribution >= 4 is 11.7 Å². The van der Waals surface area contributed by atoms with Gasteiger partial charge in [-0.2, -0.15) is 0 Å². The van der Waals surface area contributed by atoms with E-state index < -0.39 is 0 Å². The molecule has 3 rings (SSSR count). The number of pyridine rings is 1. The van der Waals surface area contributed by atoms with Crippen LogP contribution in [-0.4, -0.2) is 31.1 Å². The first-order chi connectivity index (χ1) is 11.8. The van der Waals surface area contributed by atoms with Gasteiger partial charge < -0.3 is 15.0 Å². The highest BCUT2D eigenvalue weighted by atomic mass is 16.5. The SMILES string of the molecule is COc1ccc(CNC(=O)c2cccnc2N2CCCCC2)cc1. The molecule has 1 amide bonds. The van der Waals surface area contributed by atoms with Crippen molar-refractivity contribution in [2.75, 3.05) is 25.1 Å². The summed E-state index contributed by atoms with van der Waals surface area (Å²) in [7, 11) is 1.64. The van der Waals surface area contributed by atoms with Crippen LogP contribution in [-0.2, 0) is 6.54 Å². The Morgan fingerprint density at radius 3 is 2.62 bits per heavy atom. The third-order valence-corrected chi connectivity index (χ3v) is 4.30. The molecule has 5 heteroatoms. The first-order valence-corrected chi connectivity index (χ1v) is 8.39. The fourth-order valence-electron chi connectivity index (χ4n) is 2.95. The Kier molecular flexibility index (Phi) is 5.31. The van der Waals surface area contributed by atoms with Crippen LogP contribution >= 0.6 is 0 Å². The molecule has 1 aromatic heterocycles. The summed E-state index contributed by atoms with van der Waals surface area (Å²) >= 11 is 0. The molecule has 2 heterocycles. The van der Waals surface area contributed by atoms with E-state index in [1.54, 1.807) is 13.3 Å². The van der Waals surface area contributed by atoms with Crippen molar-refractivity contribution in [3.8, 4) is 5.75 Å². The zero-order chi connectivity index (χ0) is 16.8. The molecule has 0 radical (unpaired) electrons. The van der Waals surface area contributed by atoms with Gasteiger partial charge in [0.25, 0.3) is 5.91 Å². The smallest absolute Gasteiger partial charge is 0.255 e. The summed E-state index contributed by atoms with van der Waals surface area (Å²) in [6, 6.07) is 11.4. The summed E-state index contributed by atoms with van der Waals surface area (Å²) in [6.45, 7) is 2.42. The van der Waals surface area contributed by atoms with Gasteiger partial charge in [0.05, 0.1) is 12.7 Å². The molecular weight excluding hydrogens is 302 g/mol. The number of carbonyl (C=O) groups excluding carboxylic acids is 1. The highest BCUT2D eigenvalue weighted by Gasteiger charge is 2.19. The molecule has 0 unspecified atom stereocenters. The molecule has 1 aliphatic heterocycles. The molecule has 1 saturated heterocycles. The maximum atomic E-state index is 12.6. The van der Waals surface area contributed by atoms with Crippen LogP contribution in [0.25, 0.3) is 0 Å². The zero-order valence-corrected chi connectivity index (χ0v) is 14.0. The van der Waals surface area contributed by atoms with Crippen molar-refractivity contribution < 1.29 is 9.53 Å². The lowest BCUT2D eigenvalue weighted by Gasteiger charge is -2.29. The number of nitrogens with zero attached hydrogens (tertiary/aromatic N) is 2. The second-order valence-electron chi connectivity index (χ2n) is 5.95. The molecule has 0 bridgehead atoms. The number of aromatic nitrogens is 1. The summed E-state index contributed by atoms with van der Waals surface area (Å²) in [6.07, 6.45) is 5.32. The summed E-state index contributed by atoms with van der Waals surface area (Å²) in [5.41, 5.74) is 1.68. The van der Waals surface area contributed by atoms with Crippen LogP contribution in [0.1, 0.15) is 35.2 Å². The van der Waals surface area contributed by atoms with E-state index >= 15 is 0 Å². The number of carbonyl (C=O) groups is 1. The molecule has 126 valence electrons. The van der Waals surface area contributed by atoms with Gasteiger partial charge in [0.15, 0.2) is 0 Å². The van der Waals surface area contributed by atoms with Crippen LogP contribution in [0.3, 0.4) is 0 Å². The van der Waals surface area contributed by atoms with Gasteiger partial charge in [-0.1, -0.05) is 12.1 Å². The number of piperidine rings is 1. The molecule has 1 aliphatic rings. The van der Waals surface area contributed by atoms with Crippen molar-refractivity contribution in [2.45, 2.75) is 25.8 Å². The van der Waals surface area contributed by atoms with Crippen molar-refractivity contribution in [3.63, 3.8) is 0 Å². The van der Waals surface area contributed by atoms with Crippen LogP contribution < -0.4 is 15.0 Å². The first kappa shape index (κ1) is 16.3. The average molecular weight is 325 g/mol. The molecule has 24 heavy (non-hydrogen) atoms. The number of anilines is 1. The normalized spacial score (nSPS) is 14.3. The standard InChI is InChI=1S/C19H23N3O2/c1-24-16-9-7-15(8-10-16)14-21-19(23)17-6-5-11-20-18(17)22-12-3-2-4-13-22/h5-11H,2-4,12-14H2,1H3,(H,21,23). The molecule has 2 aromatic rings. The Labute approximate surface area is 142 Å². The molecular formula is C19H23N3O2. The summed E-state index contributed by atoms with van der Waals surface area (Å²) < 4.78 is 5.15. The van der Waals surface area contributed by atoms with Crippen LogP contribution in [0.5, 0.6) is 5.75 Å². The molecule has 1 aromatic carbocycles. The highest BCUT2D eigenvalue weighted by molar-refractivity contribution is 5.98. The van der Waals surface area contributed by atoms with Crippen molar-refractivity contribution in [2.24, 2.45) is 0 Å². The zero-order valence-electron chi connectivity index (χ0n) is 14.0. The van der Waals surface area contributed by atoms with Gasteiger partial charge in [-0.15, -0.1) is 0 Å². The summed E-state index contributed by atoms with van der Waals surface area (Å²) in [5.74, 6) is 1.52. The number of benzene rings is 1. The molecule has 0 saturated carbocycles. The van der Waals surface area contributed by atoms with Gasteiger partial charge in [-0.3, -0.25) is 4.79 Å². The van der Waals surface area contributed by atoms with E-state index in [0.717, 1.165) is 43.1 Å². The summed E-state index contributed by atoms with van der Waals surface area (Å²) in [5, 5.41) is 2.99. The van der Waals surface area contributed by atoms with E-state index in [4.69, 9.17) is 4.74 Å². The maximum absolute atomic E-state index is 12.6. The van der Waals surface area contributed by atoms with E-state index in [-0.39, 0.29) is 5.91 Å². The highest BCUT2D eigenvalue weighted by Crippen LogP contribution is 2.21. The Morgan fingerprint density at radius 1 is 1.17 bits per heavy atom. The molecule has 0 aliphatic carbocycles. The molecule has 0 atom stereocenters. The maximum Gasteiger partial charge on any atom is 0.255 e. The molecule has 0 spiro atoms. The molecule has 1 N–H and O–H groups in total. The third-order valence-electron chi connectivity index (χ3n) is 4.30. The van der Waals surface area contributed by atoms with Gasteiger partial charge in [0.1, 0.15) is 11.6 Å². The van der Waals surface area contributed by atoms with Crippen LogP contribution in [0, 0.1) is 0 Å². The monoisotopic (exact) mass is 325 g/mol. The van der Waals surface area contributed by atoms with Gasteiger partial charge in [-0.25, -0.2) is 4.98 Å². The second-order valence-corrected chi connectivity index (χ2v) is 5.95. The number of ether oxygens (including phenoxy) is 1. The summed E-state index contributed by atoms with van der Waals surface area (Å²) in [4.78, 5) is 19.3. The van der Waals surface area contributed by atoms with E-state index in [2.05, 4.69) is 15.2 Å². The predicted molar refractivity (Wildman–Crippen MR) is 94.5 cm³/mol. The van der Waals surface area contributed by atoms with E-state index in [9.17, 15) is 4.79 Å². The Balaban J connectivity index is 1.68. The van der Waals surface area contributed by atoms with Crippen LogP contribution in [0.15, 0.2) is 42.6 Å².